The van der Waals surface area contributed by atoms with E-state index < -0.39 is 0 Å². The molecule has 0 saturated carbocycles. The van der Waals surface area contributed by atoms with Gasteiger partial charge in [-0.05, 0) is 30.5 Å². The van der Waals surface area contributed by atoms with Crippen LogP contribution in [0.1, 0.15) is 23.6 Å². The molecule has 0 aliphatic heterocycles. The molecule has 0 unspecified atom stereocenters. The van der Waals surface area contributed by atoms with Gasteiger partial charge in [0.15, 0.2) is 0 Å². The van der Waals surface area contributed by atoms with Gasteiger partial charge in [-0.2, -0.15) is 0 Å². The quantitative estimate of drug-likeness (QED) is 0.641. The number of hydrogen-bond acceptors (Lipinski definition) is 3. The summed E-state index contributed by atoms with van der Waals surface area (Å²) in [5, 5.41) is 8.81. The van der Waals surface area contributed by atoms with Crippen LogP contribution in [0.5, 0.6) is 0 Å². The average Bonchev–Trinajstić information content (AvgIpc) is 2.19. The number of aliphatic hydroxyl groups excluding tert-OH is 1. The van der Waals surface area contributed by atoms with E-state index in [2.05, 4.69) is 0 Å². The molecule has 3 heteroatoms. The molecule has 0 radical (unpaired) electrons. The van der Waals surface area contributed by atoms with Crippen molar-refractivity contribution in [3.8, 4) is 0 Å². The van der Waals surface area contributed by atoms with Crippen molar-refractivity contribution in [2.45, 2.75) is 18.9 Å². The molecule has 3 nitrogen and oxygen atoms in total. The molecule has 0 fully saturated rings. The summed E-state index contributed by atoms with van der Waals surface area (Å²) in [6.45, 7) is 0.751. The molecule has 5 N–H and O–H groups in total. The largest absolute Gasteiger partial charge is 0.396 e. The Morgan fingerprint density at radius 2 is 2.00 bits per heavy atom. The molecule has 0 amide bonds. The maximum atomic E-state index is 8.81. The second-order valence-corrected chi connectivity index (χ2v) is 3.36. The fourth-order valence-corrected chi connectivity index (χ4v) is 1.57. The van der Waals surface area contributed by atoms with Crippen LogP contribution in [0.15, 0.2) is 24.3 Å². The monoisotopic (exact) mass is 194 g/mol. The number of rotatable bonds is 5. The first-order chi connectivity index (χ1) is 6.79. The summed E-state index contributed by atoms with van der Waals surface area (Å²) in [6.07, 6.45) is 1.44. The minimum absolute atomic E-state index is 0.0808. The van der Waals surface area contributed by atoms with Crippen LogP contribution in [0, 0.1) is 0 Å². The van der Waals surface area contributed by atoms with Gasteiger partial charge in [0.1, 0.15) is 0 Å². The highest BCUT2D eigenvalue weighted by Gasteiger charge is 2.08. The Kier molecular flexibility index (Phi) is 4.59. The number of benzene rings is 1. The van der Waals surface area contributed by atoms with Crippen molar-refractivity contribution in [2.75, 3.05) is 13.2 Å². The highest BCUT2D eigenvalue weighted by Crippen LogP contribution is 2.18. The van der Waals surface area contributed by atoms with Crippen molar-refractivity contribution in [3.63, 3.8) is 0 Å². The van der Waals surface area contributed by atoms with Gasteiger partial charge in [0.05, 0.1) is 0 Å². The summed E-state index contributed by atoms with van der Waals surface area (Å²) in [5.41, 5.74) is 13.7. The van der Waals surface area contributed by atoms with E-state index in [9.17, 15) is 0 Å². The molecule has 0 heterocycles. The minimum atomic E-state index is -0.0808. The van der Waals surface area contributed by atoms with Gasteiger partial charge < -0.3 is 16.6 Å². The third-order valence-electron chi connectivity index (χ3n) is 2.31. The van der Waals surface area contributed by atoms with E-state index in [0.717, 1.165) is 12.0 Å². The molecule has 0 spiro atoms. The van der Waals surface area contributed by atoms with Gasteiger partial charge in [0, 0.05) is 12.6 Å². The zero-order valence-corrected chi connectivity index (χ0v) is 8.32. The normalized spacial score (nSPS) is 12.8. The fraction of sp³-hybridized carbons (Fsp3) is 0.455. The van der Waals surface area contributed by atoms with Crippen molar-refractivity contribution in [1.82, 2.24) is 0 Å². The topological polar surface area (TPSA) is 72.3 Å². The first kappa shape index (κ1) is 11.2. The molecule has 0 aliphatic rings. The van der Waals surface area contributed by atoms with E-state index in [1.54, 1.807) is 0 Å². The highest BCUT2D eigenvalue weighted by atomic mass is 16.3. The van der Waals surface area contributed by atoms with Crippen LogP contribution in [0.4, 0.5) is 0 Å². The Morgan fingerprint density at radius 1 is 1.29 bits per heavy atom. The first-order valence-electron chi connectivity index (χ1n) is 4.94. The lowest BCUT2D eigenvalue weighted by atomic mass is 9.97. The van der Waals surface area contributed by atoms with Gasteiger partial charge in [-0.15, -0.1) is 0 Å². The zero-order valence-electron chi connectivity index (χ0n) is 8.32. The Hall–Kier alpha value is -0.900. The summed E-state index contributed by atoms with van der Waals surface area (Å²) in [6, 6.07) is 7.92. The predicted molar refractivity (Wildman–Crippen MR) is 57.8 cm³/mol. The van der Waals surface area contributed by atoms with E-state index in [4.69, 9.17) is 16.6 Å². The standard InChI is InChI=1S/C11H18N2O/c12-7-5-9-3-1-2-4-10(9)11(13)6-8-14/h1-4,11,14H,5-8,12-13H2/t11-/m0/s1. The Morgan fingerprint density at radius 3 is 2.64 bits per heavy atom. The van der Waals surface area contributed by atoms with Crippen molar-refractivity contribution >= 4 is 0 Å². The third-order valence-corrected chi connectivity index (χ3v) is 2.31. The zero-order chi connectivity index (χ0) is 10.4. The Balaban J connectivity index is 2.82. The van der Waals surface area contributed by atoms with E-state index in [1.165, 1.54) is 5.56 Å². The van der Waals surface area contributed by atoms with Gasteiger partial charge in [-0.1, -0.05) is 24.3 Å². The molecule has 0 saturated heterocycles. The van der Waals surface area contributed by atoms with Crippen LogP contribution in [0.25, 0.3) is 0 Å². The van der Waals surface area contributed by atoms with E-state index in [0.29, 0.717) is 13.0 Å². The average molecular weight is 194 g/mol. The molecule has 0 aliphatic carbocycles. The lowest BCUT2D eigenvalue weighted by Crippen LogP contribution is -2.15. The molecule has 1 atom stereocenters. The maximum absolute atomic E-state index is 8.81. The van der Waals surface area contributed by atoms with E-state index in [-0.39, 0.29) is 12.6 Å². The smallest absolute Gasteiger partial charge is 0.0449 e. The van der Waals surface area contributed by atoms with E-state index >= 15 is 0 Å². The van der Waals surface area contributed by atoms with Gasteiger partial charge in [0.25, 0.3) is 0 Å². The fourth-order valence-electron chi connectivity index (χ4n) is 1.57. The number of hydrogen-bond donors (Lipinski definition) is 3. The van der Waals surface area contributed by atoms with Gasteiger partial charge in [-0.25, -0.2) is 0 Å². The summed E-state index contributed by atoms with van der Waals surface area (Å²) in [4.78, 5) is 0. The van der Waals surface area contributed by atoms with Gasteiger partial charge in [-0.3, -0.25) is 0 Å². The highest BCUT2D eigenvalue weighted by molar-refractivity contribution is 5.30. The number of nitrogens with two attached hydrogens (primary N) is 2. The van der Waals surface area contributed by atoms with Crippen molar-refractivity contribution in [3.05, 3.63) is 35.4 Å². The molecule has 1 aromatic carbocycles. The van der Waals surface area contributed by atoms with Gasteiger partial charge in [0.2, 0.25) is 0 Å². The Labute approximate surface area is 84.7 Å². The van der Waals surface area contributed by atoms with Crippen LogP contribution in [-0.2, 0) is 6.42 Å². The van der Waals surface area contributed by atoms with Crippen LogP contribution >= 0.6 is 0 Å². The minimum Gasteiger partial charge on any atom is -0.396 e. The van der Waals surface area contributed by atoms with Crippen LogP contribution < -0.4 is 11.5 Å². The summed E-state index contributed by atoms with van der Waals surface area (Å²) in [5.74, 6) is 0. The van der Waals surface area contributed by atoms with Crippen molar-refractivity contribution in [2.24, 2.45) is 11.5 Å². The molecule has 0 bridgehead atoms. The van der Waals surface area contributed by atoms with Gasteiger partial charge >= 0.3 is 0 Å². The molecular formula is C11H18N2O. The second-order valence-electron chi connectivity index (χ2n) is 3.36. The molecule has 14 heavy (non-hydrogen) atoms. The lowest BCUT2D eigenvalue weighted by molar-refractivity contribution is 0.276. The summed E-state index contributed by atoms with van der Waals surface area (Å²) >= 11 is 0. The van der Waals surface area contributed by atoms with Crippen molar-refractivity contribution in [1.29, 1.82) is 0 Å². The Bertz CT molecular complexity index is 276. The summed E-state index contributed by atoms with van der Waals surface area (Å²) in [7, 11) is 0. The number of aliphatic hydroxyl groups is 1. The van der Waals surface area contributed by atoms with Crippen LogP contribution in [0.3, 0.4) is 0 Å². The molecular weight excluding hydrogens is 176 g/mol. The molecule has 0 aromatic heterocycles. The SMILES string of the molecule is NCCc1ccccc1[C@@H](N)CCO. The molecule has 1 aromatic rings. The lowest BCUT2D eigenvalue weighted by Gasteiger charge is -2.14. The van der Waals surface area contributed by atoms with E-state index in [1.807, 2.05) is 24.3 Å². The predicted octanol–water partition coefficient (Wildman–Crippen LogP) is 0.570. The molecule has 78 valence electrons. The summed E-state index contributed by atoms with van der Waals surface area (Å²) < 4.78 is 0. The first-order valence-corrected chi connectivity index (χ1v) is 4.94. The third kappa shape index (κ3) is 2.80. The maximum Gasteiger partial charge on any atom is 0.0449 e. The van der Waals surface area contributed by atoms with Crippen molar-refractivity contribution < 1.29 is 5.11 Å². The molecule has 1 rings (SSSR count). The second kappa shape index (κ2) is 5.75. The van der Waals surface area contributed by atoms with Crippen LogP contribution in [-0.4, -0.2) is 18.3 Å². The van der Waals surface area contributed by atoms with Crippen LogP contribution in [0.2, 0.25) is 0 Å².